The zero-order chi connectivity index (χ0) is 12.0. The third-order valence-corrected chi connectivity index (χ3v) is 4.16. The Kier molecular flexibility index (Phi) is 2.60. The fourth-order valence-corrected chi connectivity index (χ4v) is 2.74. The molecule has 0 spiro atoms. The molecule has 2 atom stereocenters. The zero-order valence-corrected chi connectivity index (χ0v) is 10.3. The smallest absolute Gasteiger partial charge is 0.246 e. The highest BCUT2D eigenvalue weighted by Gasteiger charge is 2.47. The van der Waals surface area contributed by atoms with Gasteiger partial charge in [-0.25, -0.2) is 0 Å². The number of hydrogen-bond acceptors (Lipinski definition) is 2. The van der Waals surface area contributed by atoms with Crippen LogP contribution in [-0.4, -0.2) is 35.3 Å². The van der Waals surface area contributed by atoms with Crippen molar-refractivity contribution in [2.75, 3.05) is 6.54 Å². The van der Waals surface area contributed by atoms with Gasteiger partial charge in [-0.05, 0) is 43.9 Å². The third-order valence-electron chi connectivity index (χ3n) is 4.16. The van der Waals surface area contributed by atoms with Gasteiger partial charge in [-0.1, -0.05) is 6.92 Å². The number of rotatable bonds is 4. The summed E-state index contributed by atoms with van der Waals surface area (Å²) in [6, 6.07) is -0.442. The predicted octanol–water partition coefficient (Wildman–Crippen LogP) is 0.912. The van der Waals surface area contributed by atoms with Crippen LogP contribution < -0.4 is 5.32 Å². The van der Waals surface area contributed by atoms with Crippen molar-refractivity contribution in [1.82, 2.24) is 10.2 Å². The standard InChI is InChI=1S/C13H20N2O2/c1-2-10-12(16)14-11(9-5-6-9)13(17)15(10)7-8-3-4-8/h8-11H,2-7H2,1H3,(H,14,16). The Morgan fingerprint density at radius 2 is 1.94 bits per heavy atom. The molecule has 3 aliphatic rings. The van der Waals surface area contributed by atoms with E-state index in [9.17, 15) is 9.59 Å². The summed E-state index contributed by atoms with van der Waals surface area (Å²) in [5.74, 6) is 1.29. The Balaban J connectivity index is 1.77. The minimum atomic E-state index is -0.224. The molecule has 3 rings (SSSR count). The van der Waals surface area contributed by atoms with E-state index in [1.165, 1.54) is 12.8 Å². The van der Waals surface area contributed by atoms with E-state index < -0.39 is 0 Å². The van der Waals surface area contributed by atoms with Crippen LogP contribution >= 0.6 is 0 Å². The van der Waals surface area contributed by atoms with E-state index in [0.717, 1.165) is 25.8 Å². The first kappa shape index (κ1) is 11.1. The maximum atomic E-state index is 12.4. The normalized spacial score (nSPS) is 33.8. The van der Waals surface area contributed by atoms with Crippen molar-refractivity contribution >= 4 is 11.8 Å². The number of amides is 2. The van der Waals surface area contributed by atoms with Crippen LogP contribution in [0.5, 0.6) is 0 Å². The minimum absolute atomic E-state index is 0.0599. The van der Waals surface area contributed by atoms with Crippen LogP contribution in [-0.2, 0) is 9.59 Å². The van der Waals surface area contributed by atoms with Gasteiger partial charge in [0.05, 0.1) is 0 Å². The lowest BCUT2D eigenvalue weighted by atomic mass is 10.0. The highest BCUT2D eigenvalue weighted by Crippen LogP contribution is 2.37. The molecule has 0 aromatic heterocycles. The van der Waals surface area contributed by atoms with Crippen molar-refractivity contribution in [2.45, 2.75) is 51.1 Å². The summed E-state index contributed by atoms with van der Waals surface area (Å²) in [4.78, 5) is 26.3. The molecular weight excluding hydrogens is 216 g/mol. The summed E-state index contributed by atoms with van der Waals surface area (Å²) in [5.41, 5.74) is 0. The number of hydrogen-bond donors (Lipinski definition) is 1. The van der Waals surface area contributed by atoms with Crippen molar-refractivity contribution < 1.29 is 9.59 Å². The molecule has 1 aliphatic heterocycles. The molecule has 2 unspecified atom stereocenters. The van der Waals surface area contributed by atoms with Gasteiger partial charge in [-0.2, -0.15) is 0 Å². The first-order valence-electron chi connectivity index (χ1n) is 6.81. The number of carbonyl (C=O) groups excluding carboxylic acids is 2. The molecule has 94 valence electrons. The van der Waals surface area contributed by atoms with Gasteiger partial charge in [-0.15, -0.1) is 0 Å². The molecule has 0 radical (unpaired) electrons. The number of piperazine rings is 1. The molecule has 2 amide bonds. The number of nitrogens with one attached hydrogen (secondary N) is 1. The topological polar surface area (TPSA) is 49.4 Å². The maximum Gasteiger partial charge on any atom is 0.246 e. The van der Waals surface area contributed by atoms with E-state index in [1.54, 1.807) is 0 Å². The molecule has 4 nitrogen and oxygen atoms in total. The van der Waals surface area contributed by atoms with Gasteiger partial charge in [0.2, 0.25) is 11.8 Å². The summed E-state index contributed by atoms with van der Waals surface area (Å²) >= 11 is 0. The van der Waals surface area contributed by atoms with Gasteiger partial charge in [-0.3, -0.25) is 9.59 Å². The zero-order valence-electron chi connectivity index (χ0n) is 10.3. The lowest BCUT2D eigenvalue weighted by Gasteiger charge is -2.39. The molecule has 0 aromatic carbocycles. The van der Waals surface area contributed by atoms with Gasteiger partial charge in [0, 0.05) is 6.54 Å². The van der Waals surface area contributed by atoms with Crippen LogP contribution in [0, 0.1) is 11.8 Å². The van der Waals surface area contributed by atoms with Crippen LogP contribution in [0.4, 0.5) is 0 Å². The van der Waals surface area contributed by atoms with Crippen LogP contribution in [0.3, 0.4) is 0 Å². The third kappa shape index (κ3) is 2.05. The Morgan fingerprint density at radius 1 is 1.24 bits per heavy atom. The molecule has 1 saturated heterocycles. The van der Waals surface area contributed by atoms with Crippen LogP contribution in [0.25, 0.3) is 0 Å². The predicted molar refractivity (Wildman–Crippen MR) is 63.2 cm³/mol. The number of carbonyl (C=O) groups is 2. The highest BCUT2D eigenvalue weighted by atomic mass is 16.2. The van der Waals surface area contributed by atoms with Crippen molar-refractivity contribution in [2.24, 2.45) is 11.8 Å². The van der Waals surface area contributed by atoms with Crippen LogP contribution in [0.2, 0.25) is 0 Å². The van der Waals surface area contributed by atoms with Crippen molar-refractivity contribution in [3.8, 4) is 0 Å². The molecule has 17 heavy (non-hydrogen) atoms. The summed E-state index contributed by atoms with van der Waals surface area (Å²) in [7, 11) is 0. The molecule has 3 fully saturated rings. The fraction of sp³-hybridized carbons (Fsp3) is 0.846. The van der Waals surface area contributed by atoms with Crippen molar-refractivity contribution in [3.63, 3.8) is 0 Å². The van der Waals surface area contributed by atoms with Crippen molar-refractivity contribution in [3.05, 3.63) is 0 Å². The molecule has 4 heteroatoms. The van der Waals surface area contributed by atoms with E-state index in [1.807, 2.05) is 11.8 Å². The molecular formula is C13H20N2O2. The Hall–Kier alpha value is -1.06. The molecule has 1 heterocycles. The Labute approximate surface area is 102 Å². The van der Waals surface area contributed by atoms with E-state index in [0.29, 0.717) is 11.8 Å². The van der Waals surface area contributed by atoms with Gasteiger partial charge in [0.25, 0.3) is 0 Å². The van der Waals surface area contributed by atoms with Gasteiger partial charge >= 0.3 is 0 Å². The van der Waals surface area contributed by atoms with Crippen LogP contribution in [0.15, 0.2) is 0 Å². The van der Waals surface area contributed by atoms with Gasteiger partial charge in [0.15, 0.2) is 0 Å². The molecule has 0 aromatic rings. The lowest BCUT2D eigenvalue weighted by molar-refractivity contribution is -0.150. The summed E-state index contributed by atoms with van der Waals surface area (Å²) in [6.07, 6.45) is 5.34. The fourth-order valence-electron chi connectivity index (χ4n) is 2.74. The summed E-state index contributed by atoms with van der Waals surface area (Å²) < 4.78 is 0. The lowest BCUT2D eigenvalue weighted by Crippen LogP contribution is -2.64. The largest absolute Gasteiger partial charge is 0.342 e. The van der Waals surface area contributed by atoms with E-state index in [4.69, 9.17) is 0 Å². The monoisotopic (exact) mass is 236 g/mol. The quantitative estimate of drug-likeness (QED) is 0.789. The van der Waals surface area contributed by atoms with Gasteiger partial charge < -0.3 is 10.2 Å². The molecule has 2 aliphatic carbocycles. The minimum Gasteiger partial charge on any atom is -0.342 e. The first-order valence-corrected chi connectivity index (χ1v) is 6.81. The second kappa shape index (κ2) is 4.00. The SMILES string of the molecule is CCC1C(=O)NC(C2CC2)C(=O)N1CC1CC1. The first-order chi connectivity index (χ1) is 8.20. The van der Waals surface area contributed by atoms with E-state index in [2.05, 4.69) is 5.32 Å². The maximum absolute atomic E-state index is 12.4. The Bertz CT molecular complexity index is 347. The second-order valence-electron chi connectivity index (χ2n) is 5.68. The number of nitrogens with zero attached hydrogens (tertiary/aromatic N) is 1. The van der Waals surface area contributed by atoms with Gasteiger partial charge in [0.1, 0.15) is 12.1 Å². The molecule has 1 N–H and O–H groups in total. The van der Waals surface area contributed by atoms with E-state index >= 15 is 0 Å². The molecule has 0 bridgehead atoms. The highest BCUT2D eigenvalue weighted by molar-refractivity contribution is 5.97. The van der Waals surface area contributed by atoms with E-state index in [-0.39, 0.29) is 23.9 Å². The van der Waals surface area contributed by atoms with Crippen molar-refractivity contribution in [1.29, 1.82) is 0 Å². The Morgan fingerprint density at radius 3 is 2.47 bits per heavy atom. The summed E-state index contributed by atoms with van der Waals surface area (Å²) in [5, 5.41) is 2.92. The van der Waals surface area contributed by atoms with Crippen LogP contribution in [0.1, 0.15) is 39.0 Å². The summed E-state index contributed by atoms with van der Waals surface area (Å²) in [6.45, 7) is 2.78. The second-order valence-corrected chi connectivity index (χ2v) is 5.68. The average Bonchev–Trinajstić information content (AvgIpc) is 3.14. The average molecular weight is 236 g/mol. The molecule has 2 saturated carbocycles.